The summed E-state index contributed by atoms with van der Waals surface area (Å²) in [6.07, 6.45) is 1.14. The molecular weight excluding hydrogens is 190 g/mol. The molecule has 0 amide bonds. The highest BCUT2D eigenvalue weighted by Gasteiger charge is 1.84. The SMILES string of the molecule is C=O.C=O.CCc1ccc(C)cc1.CN. The quantitative estimate of drug-likeness (QED) is 0.770. The molecule has 0 fully saturated rings. The third-order valence-electron chi connectivity index (χ3n) is 1.53. The lowest BCUT2D eigenvalue weighted by atomic mass is 10.1. The summed E-state index contributed by atoms with van der Waals surface area (Å²) in [6, 6.07) is 8.66. The van der Waals surface area contributed by atoms with Gasteiger partial charge >= 0.3 is 0 Å². The van der Waals surface area contributed by atoms with Crippen LogP contribution < -0.4 is 5.73 Å². The lowest BCUT2D eigenvalue weighted by Gasteiger charge is -1.94. The minimum Gasteiger partial charge on any atom is -0.333 e. The van der Waals surface area contributed by atoms with E-state index in [-0.39, 0.29) is 0 Å². The molecule has 3 nitrogen and oxygen atoms in total. The fourth-order valence-electron chi connectivity index (χ4n) is 0.824. The lowest BCUT2D eigenvalue weighted by molar-refractivity contribution is -0.0987. The van der Waals surface area contributed by atoms with Crippen LogP contribution in [0.3, 0.4) is 0 Å². The smallest absolute Gasteiger partial charge is 0.106 e. The molecule has 0 aliphatic heterocycles. The van der Waals surface area contributed by atoms with E-state index in [1.807, 2.05) is 13.6 Å². The molecule has 0 aliphatic rings. The van der Waals surface area contributed by atoms with Gasteiger partial charge in [-0.2, -0.15) is 0 Å². The summed E-state index contributed by atoms with van der Waals surface area (Å²) >= 11 is 0. The first-order valence-electron chi connectivity index (χ1n) is 4.54. The average Bonchev–Trinajstić information content (AvgIpc) is 2.38. The molecule has 0 aliphatic carbocycles. The van der Waals surface area contributed by atoms with Gasteiger partial charge in [0.25, 0.3) is 0 Å². The predicted molar refractivity (Wildman–Crippen MR) is 64.9 cm³/mol. The van der Waals surface area contributed by atoms with Crippen LogP contribution in [0.1, 0.15) is 18.1 Å². The predicted octanol–water partition coefficient (Wildman–Crippen LogP) is 1.76. The molecular formula is C12H21NO2. The summed E-state index contributed by atoms with van der Waals surface area (Å²) in [7, 11) is 1.50. The van der Waals surface area contributed by atoms with Crippen molar-refractivity contribution >= 4 is 13.6 Å². The van der Waals surface area contributed by atoms with Gasteiger partial charge in [0, 0.05) is 0 Å². The van der Waals surface area contributed by atoms with Crippen LogP contribution in [0.2, 0.25) is 0 Å². The summed E-state index contributed by atoms with van der Waals surface area (Å²) in [5, 5.41) is 0. The molecule has 1 aromatic carbocycles. The Bertz CT molecular complexity index is 207. The molecule has 0 heterocycles. The molecule has 0 aromatic heterocycles. The second-order valence-electron chi connectivity index (χ2n) is 2.34. The molecule has 1 aromatic rings. The van der Waals surface area contributed by atoms with Gasteiger partial charge in [-0.25, -0.2) is 0 Å². The minimum absolute atomic E-state index is 1.14. The Kier molecular flexibility index (Phi) is 23.4. The van der Waals surface area contributed by atoms with Crippen LogP contribution in [0.15, 0.2) is 24.3 Å². The number of carbonyl (C=O) groups is 2. The van der Waals surface area contributed by atoms with Crippen molar-refractivity contribution in [2.45, 2.75) is 20.3 Å². The number of carbonyl (C=O) groups excluding carboxylic acids is 2. The number of hydrogen-bond acceptors (Lipinski definition) is 3. The van der Waals surface area contributed by atoms with E-state index in [2.05, 4.69) is 43.8 Å². The highest BCUT2D eigenvalue weighted by molar-refractivity contribution is 5.20. The maximum absolute atomic E-state index is 8.00. The van der Waals surface area contributed by atoms with Crippen molar-refractivity contribution < 1.29 is 9.59 Å². The van der Waals surface area contributed by atoms with Crippen molar-refractivity contribution in [3.8, 4) is 0 Å². The number of hydrogen-bond donors (Lipinski definition) is 1. The van der Waals surface area contributed by atoms with Gasteiger partial charge in [0.15, 0.2) is 0 Å². The molecule has 3 heteroatoms. The first-order valence-corrected chi connectivity index (χ1v) is 4.54. The minimum atomic E-state index is 1.14. The van der Waals surface area contributed by atoms with Gasteiger partial charge in [-0.1, -0.05) is 36.8 Å². The third-order valence-corrected chi connectivity index (χ3v) is 1.53. The van der Waals surface area contributed by atoms with E-state index in [0.717, 1.165) is 6.42 Å². The van der Waals surface area contributed by atoms with Gasteiger partial charge in [0.2, 0.25) is 0 Å². The zero-order valence-electron chi connectivity index (χ0n) is 9.82. The summed E-state index contributed by atoms with van der Waals surface area (Å²) in [5.74, 6) is 0. The van der Waals surface area contributed by atoms with Crippen molar-refractivity contribution in [3.05, 3.63) is 35.4 Å². The fraction of sp³-hybridized carbons (Fsp3) is 0.333. The van der Waals surface area contributed by atoms with E-state index >= 15 is 0 Å². The number of benzene rings is 1. The molecule has 0 atom stereocenters. The van der Waals surface area contributed by atoms with Crippen LogP contribution >= 0.6 is 0 Å². The van der Waals surface area contributed by atoms with E-state index in [9.17, 15) is 0 Å². The Labute approximate surface area is 92.3 Å². The average molecular weight is 211 g/mol. The third kappa shape index (κ3) is 12.5. The van der Waals surface area contributed by atoms with Gasteiger partial charge in [-0.3, -0.25) is 0 Å². The molecule has 15 heavy (non-hydrogen) atoms. The van der Waals surface area contributed by atoms with Crippen molar-refractivity contribution in [3.63, 3.8) is 0 Å². The standard InChI is InChI=1S/C9H12.CH5N.2CH2O/c1-3-9-6-4-8(2)5-7-9;3*1-2/h4-7H,3H2,1-2H3;2H2,1H3;2*1H2. The number of nitrogens with two attached hydrogens (primary N) is 1. The van der Waals surface area contributed by atoms with Crippen LogP contribution in [-0.2, 0) is 16.0 Å². The van der Waals surface area contributed by atoms with Crippen LogP contribution in [0.25, 0.3) is 0 Å². The molecule has 0 saturated carbocycles. The van der Waals surface area contributed by atoms with E-state index in [0.29, 0.717) is 0 Å². The number of rotatable bonds is 1. The highest BCUT2D eigenvalue weighted by Crippen LogP contribution is 2.02. The Morgan fingerprint density at radius 1 is 1.00 bits per heavy atom. The van der Waals surface area contributed by atoms with Crippen LogP contribution in [0.5, 0.6) is 0 Å². The van der Waals surface area contributed by atoms with E-state index in [1.54, 1.807) is 0 Å². The topological polar surface area (TPSA) is 60.2 Å². The Morgan fingerprint density at radius 3 is 1.60 bits per heavy atom. The Morgan fingerprint density at radius 2 is 1.33 bits per heavy atom. The highest BCUT2D eigenvalue weighted by atomic mass is 16.1. The summed E-state index contributed by atoms with van der Waals surface area (Å²) in [5.41, 5.74) is 7.26. The zero-order chi connectivity index (χ0) is 12.7. The largest absolute Gasteiger partial charge is 0.333 e. The summed E-state index contributed by atoms with van der Waals surface area (Å²) < 4.78 is 0. The van der Waals surface area contributed by atoms with Crippen LogP contribution in [-0.4, -0.2) is 20.6 Å². The van der Waals surface area contributed by atoms with Crippen LogP contribution in [0.4, 0.5) is 0 Å². The van der Waals surface area contributed by atoms with Gasteiger partial charge in [0.1, 0.15) is 13.6 Å². The Hall–Kier alpha value is -1.48. The molecule has 2 N–H and O–H groups in total. The van der Waals surface area contributed by atoms with Crippen molar-refractivity contribution in [2.24, 2.45) is 5.73 Å². The van der Waals surface area contributed by atoms with Gasteiger partial charge in [-0.15, -0.1) is 0 Å². The second-order valence-corrected chi connectivity index (χ2v) is 2.34. The number of aryl methyl sites for hydroxylation is 2. The lowest BCUT2D eigenvalue weighted by Crippen LogP contribution is -1.77. The van der Waals surface area contributed by atoms with Crippen molar-refractivity contribution in [2.75, 3.05) is 7.05 Å². The van der Waals surface area contributed by atoms with E-state index in [4.69, 9.17) is 9.59 Å². The summed E-state index contributed by atoms with van der Waals surface area (Å²) in [6.45, 7) is 8.28. The van der Waals surface area contributed by atoms with Gasteiger partial charge < -0.3 is 15.3 Å². The summed E-state index contributed by atoms with van der Waals surface area (Å²) in [4.78, 5) is 16.0. The molecule has 86 valence electrons. The molecule has 0 unspecified atom stereocenters. The normalized spacial score (nSPS) is 6.67. The van der Waals surface area contributed by atoms with E-state index in [1.165, 1.54) is 18.2 Å². The fourth-order valence-corrected chi connectivity index (χ4v) is 0.824. The van der Waals surface area contributed by atoms with Gasteiger partial charge in [-0.05, 0) is 26.0 Å². The first-order chi connectivity index (χ1) is 7.33. The van der Waals surface area contributed by atoms with Crippen molar-refractivity contribution in [1.82, 2.24) is 0 Å². The molecule has 0 bridgehead atoms. The zero-order valence-corrected chi connectivity index (χ0v) is 9.82. The van der Waals surface area contributed by atoms with Crippen LogP contribution in [0, 0.1) is 6.92 Å². The monoisotopic (exact) mass is 211 g/mol. The Balaban J connectivity index is -0.000000208. The van der Waals surface area contributed by atoms with Crippen molar-refractivity contribution in [1.29, 1.82) is 0 Å². The maximum Gasteiger partial charge on any atom is 0.106 e. The molecule has 1 rings (SSSR count). The molecule has 0 radical (unpaired) electrons. The molecule has 0 spiro atoms. The van der Waals surface area contributed by atoms with E-state index < -0.39 is 0 Å². The maximum atomic E-state index is 8.00. The second kappa shape index (κ2) is 18.3. The first kappa shape index (κ1) is 19.1. The molecule has 0 saturated heterocycles. The van der Waals surface area contributed by atoms with Gasteiger partial charge in [0.05, 0.1) is 0 Å².